The lowest BCUT2D eigenvalue weighted by Gasteiger charge is -2.41. The van der Waals surface area contributed by atoms with Gasteiger partial charge in [-0.25, -0.2) is 9.97 Å². The lowest BCUT2D eigenvalue weighted by atomic mass is 9.73. The number of ether oxygens (including phenoxy) is 1. The van der Waals surface area contributed by atoms with Gasteiger partial charge in [-0.2, -0.15) is 4.39 Å². The molecule has 1 spiro atoms. The zero-order valence-corrected chi connectivity index (χ0v) is 16.9. The van der Waals surface area contributed by atoms with E-state index in [9.17, 15) is 9.18 Å². The van der Waals surface area contributed by atoms with Gasteiger partial charge in [-0.3, -0.25) is 4.79 Å². The third-order valence-electron chi connectivity index (χ3n) is 5.68. The molecule has 2 aliphatic rings. The van der Waals surface area contributed by atoms with Crippen LogP contribution >= 0.6 is 23.4 Å². The summed E-state index contributed by atoms with van der Waals surface area (Å²) in [5.41, 5.74) is 6.05. The summed E-state index contributed by atoms with van der Waals surface area (Å²) >= 11 is 7.05. The quantitative estimate of drug-likeness (QED) is 0.729. The molecule has 2 fully saturated rings. The fourth-order valence-electron chi connectivity index (χ4n) is 3.89. The Morgan fingerprint density at radius 2 is 2.18 bits per heavy atom. The van der Waals surface area contributed by atoms with Crippen molar-refractivity contribution < 1.29 is 9.13 Å². The Kier molecular flexibility index (Phi) is 5.34. The Labute approximate surface area is 170 Å². The molecule has 7 nitrogen and oxygen atoms in total. The van der Waals surface area contributed by atoms with E-state index < -0.39 is 5.95 Å². The molecule has 150 valence electrons. The highest BCUT2D eigenvalue weighted by molar-refractivity contribution is 7.99. The molecular formula is C18H21ClFN5O2S. The van der Waals surface area contributed by atoms with E-state index >= 15 is 0 Å². The molecule has 2 aromatic heterocycles. The Bertz CT molecular complexity index is 934. The smallest absolute Gasteiger partial charge is 0.291 e. The number of hydrogen-bond donors (Lipinski definition) is 2. The predicted octanol–water partition coefficient (Wildman–Crippen LogP) is 2.44. The summed E-state index contributed by atoms with van der Waals surface area (Å²) < 4.78 is 19.2. The molecule has 2 saturated heterocycles. The summed E-state index contributed by atoms with van der Waals surface area (Å²) in [6.07, 6.45) is 4.68. The molecule has 28 heavy (non-hydrogen) atoms. The number of aromatic nitrogens is 3. The van der Waals surface area contributed by atoms with E-state index in [0.717, 1.165) is 24.6 Å². The van der Waals surface area contributed by atoms with Crippen LogP contribution in [-0.2, 0) is 4.74 Å². The molecule has 10 heteroatoms. The first-order valence-corrected chi connectivity index (χ1v) is 10.3. The minimum Gasteiger partial charge on any atom is -0.376 e. The van der Waals surface area contributed by atoms with Gasteiger partial charge in [0.15, 0.2) is 5.82 Å². The van der Waals surface area contributed by atoms with Gasteiger partial charge in [-0.1, -0.05) is 23.4 Å². The minimum absolute atomic E-state index is 0.0133. The third-order valence-corrected chi connectivity index (χ3v) is 7.14. The van der Waals surface area contributed by atoms with Gasteiger partial charge in [0, 0.05) is 35.6 Å². The standard InChI is InChI=1S/C18H21ClFN5O2S/c1-10-14(21)18(9-27-10)3-6-25(7-4-18)16-17(26)24-12(8-23-16)28-11-2-5-22-15(20)13(11)19/h2,5,8,10,14H,3-4,6-7,9,21H2,1H3,(H,24,26)/t10-,14+/m0/s1. The van der Waals surface area contributed by atoms with Gasteiger partial charge in [-0.05, 0) is 25.8 Å². The van der Waals surface area contributed by atoms with E-state index in [2.05, 4.69) is 15.0 Å². The van der Waals surface area contributed by atoms with Gasteiger partial charge in [0.05, 0.1) is 23.9 Å². The highest BCUT2D eigenvalue weighted by Gasteiger charge is 2.47. The van der Waals surface area contributed by atoms with Crippen LogP contribution in [0, 0.1) is 11.4 Å². The summed E-state index contributed by atoms with van der Waals surface area (Å²) in [5.74, 6) is -0.365. The largest absolute Gasteiger partial charge is 0.376 e. The first-order chi connectivity index (χ1) is 13.4. The van der Waals surface area contributed by atoms with Crippen molar-refractivity contribution in [2.24, 2.45) is 11.1 Å². The van der Waals surface area contributed by atoms with Crippen molar-refractivity contribution in [3.05, 3.63) is 39.8 Å². The number of nitrogens with two attached hydrogens (primary N) is 1. The second kappa shape index (κ2) is 7.62. The molecule has 0 unspecified atom stereocenters. The molecule has 4 heterocycles. The summed E-state index contributed by atoms with van der Waals surface area (Å²) in [5, 5.41) is 0.401. The number of halogens is 2. The molecule has 0 bridgehead atoms. The van der Waals surface area contributed by atoms with Gasteiger partial charge < -0.3 is 20.4 Å². The number of hydrogen-bond acceptors (Lipinski definition) is 7. The van der Waals surface area contributed by atoms with Gasteiger partial charge in [-0.15, -0.1) is 0 Å². The zero-order chi connectivity index (χ0) is 19.9. The maximum atomic E-state index is 13.5. The van der Waals surface area contributed by atoms with E-state index in [1.54, 1.807) is 12.3 Å². The summed E-state index contributed by atoms with van der Waals surface area (Å²) in [7, 11) is 0. The van der Waals surface area contributed by atoms with Crippen molar-refractivity contribution in [3.63, 3.8) is 0 Å². The summed E-state index contributed by atoms with van der Waals surface area (Å²) in [6, 6.07) is 1.60. The third kappa shape index (κ3) is 3.52. The van der Waals surface area contributed by atoms with Crippen molar-refractivity contribution in [2.45, 2.75) is 41.8 Å². The number of piperidine rings is 1. The van der Waals surface area contributed by atoms with Crippen LogP contribution in [0.1, 0.15) is 19.8 Å². The number of aromatic amines is 1. The number of rotatable bonds is 3. The lowest BCUT2D eigenvalue weighted by molar-refractivity contribution is 0.0974. The normalized spacial score (nSPS) is 24.1. The minimum atomic E-state index is -0.746. The van der Waals surface area contributed by atoms with Crippen LogP contribution in [0.5, 0.6) is 0 Å². The topological polar surface area (TPSA) is 97.1 Å². The Balaban J connectivity index is 1.47. The van der Waals surface area contributed by atoms with Gasteiger partial charge in [0.25, 0.3) is 5.56 Å². The van der Waals surface area contributed by atoms with Gasteiger partial charge in [0.1, 0.15) is 5.02 Å². The molecule has 2 aliphatic heterocycles. The van der Waals surface area contributed by atoms with E-state index in [-0.39, 0.29) is 28.1 Å². The van der Waals surface area contributed by atoms with Crippen LogP contribution in [-0.4, -0.2) is 46.8 Å². The average Bonchev–Trinajstić information content (AvgIpc) is 2.95. The SMILES string of the molecule is C[C@@H]1OCC2(CCN(c3ncc(Sc4ccnc(F)c4Cl)[nH]c3=O)CC2)[C@@H]1N. The van der Waals surface area contributed by atoms with E-state index in [1.807, 2.05) is 11.8 Å². The second-order valence-electron chi connectivity index (χ2n) is 7.31. The molecule has 0 aliphatic carbocycles. The molecule has 0 amide bonds. The highest BCUT2D eigenvalue weighted by Crippen LogP contribution is 2.41. The van der Waals surface area contributed by atoms with Crippen molar-refractivity contribution in [1.82, 2.24) is 15.0 Å². The van der Waals surface area contributed by atoms with Crippen LogP contribution in [0.15, 0.2) is 33.2 Å². The molecule has 4 rings (SSSR count). The van der Waals surface area contributed by atoms with Crippen molar-refractivity contribution in [3.8, 4) is 0 Å². The summed E-state index contributed by atoms with van der Waals surface area (Å²) in [6.45, 7) is 4.09. The molecule has 3 N–H and O–H groups in total. The Morgan fingerprint density at radius 1 is 1.43 bits per heavy atom. The van der Waals surface area contributed by atoms with Crippen LogP contribution in [0.3, 0.4) is 0 Å². The lowest BCUT2D eigenvalue weighted by Crippen LogP contribution is -2.51. The Hall–Kier alpha value is -1.68. The molecule has 0 radical (unpaired) electrons. The Morgan fingerprint density at radius 3 is 2.82 bits per heavy atom. The van der Waals surface area contributed by atoms with Crippen molar-refractivity contribution in [1.29, 1.82) is 0 Å². The highest BCUT2D eigenvalue weighted by atomic mass is 35.5. The van der Waals surface area contributed by atoms with Crippen molar-refractivity contribution in [2.75, 3.05) is 24.6 Å². The van der Waals surface area contributed by atoms with Gasteiger partial charge >= 0.3 is 0 Å². The zero-order valence-electron chi connectivity index (χ0n) is 15.3. The molecular weight excluding hydrogens is 405 g/mol. The molecule has 2 atom stereocenters. The maximum Gasteiger partial charge on any atom is 0.291 e. The van der Waals surface area contributed by atoms with Crippen LogP contribution in [0.25, 0.3) is 0 Å². The molecule has 0 saturated carbocycles. The number of H-pyrrole nitrogens is 1. The molecule has 2 aromatic rings. The number of nitrogens with one attached hydrogen (secondary N) is 1. The number of nitrogens with zero attached hydrogens (tertiary/aromatic N) is 3. The van der Waals surface area contributed by atoms with E-state index in [4.69, 9.17) is 22.1 Å². The molecule has 0 aromatic carbocycles. The maximum absolute atomic E-state index is 13.5. The number of anilines is 1. The fraction of sp³-hybridized carbons (Fsp3) is 0.500. The van der Waals surface area contributed by atoms with Crippen molar-refractivity contribution >= 4 is 29.2 Å². The predicted molar refractivity (Wildman–Crippen MR) is 105 cm³/mol. The average molecular weight is 426 g/mol. The monoisotopic (exact) mass is 425 g/mol. The first-order valence-electron chi connectivity index (χ1n) is 9.09. The number of pyridine rings is 1. The fourth-order valence-corrected chi connectivity index (χ4v) is 4.91. The summed E-state index contributed by atoms with van der Waals surface area (Å²) in [4.78, 5) is 25.6. The van der Waals surface area contributed by atoms with E-state index in [0.29, 0.717) is 35.4 Å². The van der Waals surface area contributed by atoms with Gasteiger partial charge in [0.2, 0.25) is 5.95 Å². The van der Waals surface area contributed by atoms with Crippen LogP contribution in [0.2, 0.25) is 5.02 Å². The second-order valence-corrected chi connectivity index (χ2v) is 8.77. The first kappa shape index (κ1) is 19.6. The van der Waals surface area contributed by atoms with Crippen LogP contribution < -0.4 is 16.2 Å². The van der Waals surface area contributed by atoms with E-state index in [1.165, 1.54) is 6.20 Å². The van der Waals surface area contributed by atoms with Crippen LogP contribution in [0.4, 0.5) is 10.2 Å².